The van der Waals surface area contributed by atoms with E-state index in [4.69, 9.17) is 4.74 Å². The van der Waals surface area contributed by atoms with Crippen LogP contribution in [0.4, 0.5) is 16.2 Å². The van der Waals surface area contributed by atoms with E-state index in [-0.39, 0.29) is 5.91 Å². The van der Waals surface area contributed by atoms with Crippen LogP contribution in [0.2, 0.25) is 0 Å². The first-order chi connectivity index (χ1) is 10.2. The number of nitrogens with one attached hydrogen (secondary N) is 3. The molecule has 0 aliphatic rings. The largest absolute Gasteiger partial charge is 0.444 e. The first kappa shape index (κ1) is 17.7. The second-order valence-electron chi connectivity index (χ2n) is 5.81. The number of nitrogens with zero attached hydrogens (tertiary/aromatic N) is 1. The maximum atomic E-state index is 12.1. The van der Waals surface area contributed by atoms with E-state index in [1.807, 2.05) is 6.92 Å². The van der Waals surface area contributed by atoms with Crippen LogP contribution in [-0.2, 0) is 9.53 Å². The van der Waals surface area contributed by atoms with Gasteiger partial charge in [0.1, 0.15) is 11.6 Å². The summed E-state index contributed by atoms with van der Waals surface area (Å²) in [4.78, 5) is 27.8. The molecule has 0 unspecified atom stereocenters. The van der Waals surface area contributed by atoms with E-state index >= 15 is 0 Å². The quantitative estimate of drug-likeness (QED) is 0.776. The summed E-state index contributed by atoms with van der Waals surface area (Å²) in [5.74, 6) is -0.349. The Bertz CT molecular complexity index is 526. The van der Waals surface area contributed by atoms with E-state index < -0.39 is 17.7 Å². The fraction of sp³-hybridized carbons (Fsp3) is 0.533. The summed E-state index contributed by atoms with van der Waals surface area (Å²) in [6.45, 7) is 9.54. The molecule has 7 nitrogen and oxygen atoms in total. The van der Waals surface area contributed by atoms with E-state index in [9.17, 15) is 9.59 Å². The zero-order chi connectivity index (χ0) is 16.8. The maximum absolute atomic E-state index is 12.1. The highest BCUT2D eigenvalue weighted by atomic mass is 16.6. The van der Waals surface area contributed by atoms with E-state index in [0.29, 0.717) is 5.69 Å². The first-order valence-electron chi connectivity index (χ1n) is 7.21. The lowest BCUT2D eigenvalue weighted by Gasteiger charge is -2.22. The summed E-state index contributed by atoms with van der Waals surface area (Å²) >= 11 is 0. The van der Waals surface area contributed by atoms with Crippen LogP contribution in [0.25, 0.3) is 0 Å². The Hall–Kier alpha value is -2.31. The molecule has 122 valence electrons. The molecule has 1 aromatic rings. The van der Waals surface area contributed by atoms with Gasteiger partial charge in [-0.25, -0.2) is 4.79 Å². The van der Waals surface area contributed by atoms with Crippen LogP contribution in [0, 0.1) is 0 Å². The summed E-state index contributed by atoms with van der Waals surface area (Å²) in [5, 5.41) is 8.35. The summed E-state index contributed by atoms with van der Waals surface area (Å²) in [6.07, 6.45) is 2.56. The summed E-state index contributed by atoms with van der Waals surface area (Å²) in [6, 6.07) is 1.04. The Morgan fingerprint density at radius 3 is 2.59 bits per heavy atom. The number of hydrogen-bond acceptors (Lipinski definition) is 5. The number of pyridine rings is 1. The van der Waals surface area contributed by atoms with Crippen molar-refractivity contribution in [2.45, 2.75) is 46.3 Å². The van der Waals surface area contributed by atoms with E-state index in [1.165, 1.54) is 0 Å². The highest BCUT2D eigenvalue weighted by molar-refractivity contribution is 5.98. The van der Waals surface area contributed by atoms with Gasteiger partial charge in [0.05, 0.1) is 17.6 Å². The van der Waals surface area contributed by atoms with Crippen molar-refractivity contribution in [1.82, 2.24) is 10.3 Å². The summed E-state index contributed by atoms with van der Waals surface area (Å²) < 4.78 is 5.12. The van der Waals surface area contributed by atoms with Gasteiger partial charge in [0.25, 0.3) is 0 Å². The highest BCUT2D eigenvalue weighted by Crippen LogP contribution is 2.19. The number of carbonyl (C=O) groups excluding carboxylic acids is 2. The third-order valence-electron chi connectivity index (χ3n) is 2.57. The van der Waals surface area contributed by atoms with Crippen LogP contribution in [0.3, 0.4) is 0 Å². The number of anilines is 2. The minimum absolute atomic E-state index is 0.349. The molecule has 3 N–H and O–H groups in total. The lowest BCUT2D eigenvalue weighted by atomic mass is 10.2. The smallest absolute Gasteiger partial charge is 0.408 e. The van der Waals surface area contributed by atoms with Crippen LogP contribution < -0.4 is 16.0 Å². The zero-order valence-corrected chi connectivity index (χ0v) is 13.7. The number of carbonyl (C=O) groups is 2. The molecule has 0 spiro atoms. The molecule has 0 aromatic carbocycles. The molecule has 0 saturated heterocycles. The molecule has 1 aromatic heterocycles. The van der Waals surface area contributed by atoms with Crippen LogP contribution >= 0.6 is 0 Å². The topological polar surface area (TPSA) is 92.4 Å². The molecule has 1 heterocycles. The van der Waals surface area contributed by atoms with Gasteiger partial charge in [0, 0.05) is 12.7 Å². The number of hydrogen-bond donors (Lipinski definition) is 3. The van der Waals surface area contributed by atoms with Gasteiger partial charge in [0.15, 0.2) is 0 Å². The maximum Gasteiger partial charge on any atom is 0.408 e. The number of amides is 2. The zero-order valence-electron chi connectivity index (χ0n) is 13.7. The molecule has 1 rings (SSSR count). The minimum Gasteiger partial charge on any atom is -0.444 e. The minimum atomic E-state index is -0.732. The Balaban J connectivity index is 2.63. The van der Waals surface area contributed by atoms with Gasteiger partial charge in [0.2, 0.25) is 5.91 Å². The lowest BCUT2D eigenvalue weighted by Crippen LogP contribution is -2.44. The Labute approximate surface area is 130 Å². The van der Waals surface area contributed by atoms with Crippen molar-refractivity contribution in [3.63, 3.8) is 0 Å². The Morgan fingerprint density at radius 2 is 2.00 bits per heavy atom. The van der Waals surface area contributed by atoms with Crippen molar-refractivity contribution < 1.29 is 14.3 Å². The number of ether oxygens (including phenoxy) is 1. The molecule has 0 radical (unpaired) electrons. The third-order valence-corrected chi connectivity index (χ3v) is 2.57. The second-order valence-corrected chi connectivity index (χ2v) is 5.81. The fourth-order valence-electron chi connectivity index (χ4n) is 1.63. The average molecular weight is 308 g/mol. The third kappa shape index (κ3) is 5.99. The van der Waals surface area contributed by atoms with Gasteiger partial charge < -0.3 is 20.7 Å². The molecule has 0 bridgehead atoms. The Morgan fingerprint density at radius 1 is 1.32 bits per heavy atom. The van der Waals surface area contributed by atoms with Gasteiger partial charge in [-0.15, -0.1) is 0 Å². The average Bonchev–Trinajstić information content (AvgIpc) is 2.38. The molecular weight excluding hydrogens is 284 g/mol. The van der Waals surface area contributed by atoms with Crippen molar-refractivity contribution >= 4 is 23.4 Å². The molecular formula is C15H24N4O3. The monoisotopic (exact) mass is 308 g/mol. The number of alkyl carbamates (subject to hydrolysis) is 1. The van der Waals surface area contributed by atoms with Crippen LogP contribution in [0.5, 0.6) is 0 Å². The molecule has 7 heteroatoms. The van der Waals surface area contributed by atoms with Gasteiger partial charge in [-0.1, -0.05) is 0 Å². The van der Waals surface area contributed by atoms with Crippen molar-refractivity contribution in [2.24, 2.45) is 0 Å². The van der Waals surface area contributed by atoms with Crippen LogP contribution in [-0.4, -0.2) is 35.2 Å². The first-order valence-corrected chi connectivity index (χ1v) is 7.21. The van der Waals surface area contributed by atoms with E-state index in [1.54, 1.807) is 46.2 Å². The van der Waals surface area contributed by atoms with Crippen molar-refractivity contribution in [3.8, 4) is 0 Å². The standard InChI is InChI=1S/C15H24N4O3/c1-6-17-11-7-8-16-9-12(11)19-13(20)10(2)18-14(21)22-15(3,4)5/h7-10H,6H2,1-5H3,(H,16,17)(H,18,21)(H,19,20)/t10-/m1/s1. The van der Waals surface area contributed by atoms with E-state index in [0.717, 1.165) is 12.2 Å². The summed E-state index contributed by atoms with van der Waals surface area (Å²) in [7, 11) is 0. The molecule has 1 atom stereocenters. The predicted octanol–water partition coefficient (Wildman–Crippen LogP) is 2.37. The molecule has 22 heavy (non-hydrogen) atoms. The van der Waals surface area contributed by atoms with Crippen LogP contribution in [0.15, 0.2) is 18.5 Å². The van der Waals surface area contributed by atoms with Gasteiger partial charge in [-0.05, 0) is 40.7 Å². The second kappa shape index (κ2) is 7.63. The van der Waals surface area contributed by atoms with Crippen LogP contribution in [0.1, 0.15) is 34.6 Å². The van der Waals surface area contributed by atoms with Crippen molar-refractivity contribution in [3.05, 3.63) is 18.5 Å². The summed E-state index contributed by atoms with van der Waals surface area (Å²) in [5.41, 5.74) is 0.726. The fourth-order valence-corrected chi connectivity index (χ4v) is 1.63. The molecule has 0 aliphatic carbocycles. The lowest BCUT2D eigenvalue weighted by molar-refractivity contribution is -0.117. The number of rotatable bonds is 5. The van der Waals surface area contributed by atoms with E-state index in [2.05, 4.69) is 20.9 Å². The SMILES string of the molecule is CCNc1ccncc1NC(=O)[C@@H](C)NC(=O)OC(C)(C)C. The normalized spacial score (nSPS) is 12.2. The number of aromatic nitrogens is 1. The van der Waals surface area contributed by atoms with Gasteiger partial charge >= 0.3 is 6.09 Å². The van der Waals surface area contributed by atoms with Gasteiger partial charge in [-0.3, -0.25) is 9.78 Å². The molecule has 2 amide bonds. The molecule has 0 fully saturated rings. The predicted molar refractivity (Wildman–Crippen MR) is 85.9 cm³/mol. The molecule has 0 saturated carbocycles. The Kier molecular flexibility index (Phi) is 6.15. The van der Waals surface area contributed by atoms with Crippen molar-refractivity contribution in [2.75, 3.05) is 17.2 Å². The highest BCUT2D eigenvalue weighted by Gasteiger charge is 2.21. The molecule has 0 aliphatic heterocycles. The van der Waals surface area contributed by atoms with Gasteiger partial charge in [-0.2, -0.15) is 0 Å². The van der Waals surface area contributed by atoms with Crippen molar-refractivity contribution in [1.29, 1.82) is 0 Å².